The number of aromatic nitrogens is 2. The predicted octanol–water partition coefficient (Wildman–Crippen LogP) is 7.91. The van der Waals surface area contributed by atoms with Gasteiger partial charge in [-0.2, -0.15) is 4.98 Å². The van der Waals surface area contributed by atoms with Gasteiger partial charge in [-0.05, 0) is 67.3 Å². The highest BCUT2D eigenvalue weighted by Gasteiger charge is 2.22. The summed E-state index contributed by atoms with van der Waals surface area (Å²) in [6.07, 6.45) is 10.9. The van der Waals surface area contributed by atoms with E-state index < -0.39 is 0 Å². The lowest BCUT2D eigenvalue weighted by molar-refractivity contribution is 0.303. The first kappa shape index (κ1) is 20.2. The van der Waals surface area contributed by atoms with Gasteiger partial charge in [0.25, 0.3) is 5.89 Å². The molecule has 0 aliphatic heterocycles. The Labute approximate surface area is 178 Å². The predicted molar refractivity (Wildman–Crippen MR) is 119 cm³/mol. The van der Waals surface area contributed by atoms with Crippen LogP contribution in [0.3, 0.4) is 0 Å². The molecule has 152 valence electrons. The summed E-state index contributed by atoms with van der Waals surface area (Å²) in [7, 11) is 0. The van der Waals surface area contributed by atoms with Gasteiger partial charge in [-0.25, -0.2) is 0 Å². The second kappa shape index (κ2) is 9.58. The Morgan fingerprint density at radius 2 is 1.59 bits per heavy atom. The molecule has 29 heavy (non-hydrogen) atoms. The number of hydrogen-bond acceptors (Lipinski definition) is 3. The van der Waals surface area contributed by atoms with Crippen LogP contribution in [-0.4, -0.2) is 10.1 Å². The summed E-state index contributed by atoms with van der Waals surface area (Å²) in [5, 5.41) is 4.85. The summed E-state index contributed by atoms with van der Waals surface area (Å²) in [6.45, 7) is 2.29. The third-order valence-corrected chi connectivity index (χ3v) is 6.47. The highest BCUT2D eigenvalue weighted by molar-refractivity contribution is 6.30. The number of nitrogens with zero attached hydrogens (tertiary/aromatic N) is 2. The monoisotopic (exact) mass is 408 g/mol. The van der Waals surface area contributed by atoms with Gasteiger partial charge in [-0.3, -0.25) is 0 Å². The van der Waals surface area contributed by atoms with Crippen LogP contribution in [0.25, 0.3) is 22.8 Å². The van der Waals surface area contributed by atoms with Crippen molar-refractivity contribution in [3.05, 3.63) is 59.1 Å². The molecule has 3 nitrogen and oxygen atoms in total. The van der Waals surface area contributed by atoms with Gasteiger partial charge in [-0.1, -0.05) is 73.6 Å². The first-order valence-electron chi connectivity index (χ1n) is 10.9. The number of hydrogen-bond donors (Lipinski definition) is 0. The summed E-state index contributed by atoms with van der Waals surface area (Å²) in [6, 6.07) is 16.2. The average molecular weight is 409 g/mol. The molecule has 4 rings (SSSR count). The Hall–Kier alpha value is -2.13. The molecule has 3 aromatic rings. The van der Waals surface area contributed by atoms with Crippen molar-refractivity contribution in [2.24, 2.45) is 5.92 Å². The maximum Gasteiger partial charge on any atom is 0.258 e. The van der Waals surface area contributed by atoms with Crippen molar-refractivity contribution in [3.63, 3.8) is 0 Å². The maximum atomic E-state index is 5.95. The summed E-state index contributed by atoms with van der Waals surface area (Å²) in [5.41, 5.74) is 3.31. The van der Waals surface area contributed by atoms with Gasteiger partial charge in [0.05, 0.1) is 0 Å². The van der Waals surface area contributed by atoms with Crippen molar-refractivity contribution in [1.29, 1.82) is 0 Å². The maximum absolute atomic E-state index is 5.95. The zero-order valence-electron chi connectivity index (χ0n) is 17.1. The lowest BCUT2D eigenvalue weighted by Gasteiger charge is -2.29. The highest BCUT2D eigenvalue weighted by Crippen LogP contribution is 2.38. The third kappa shape index (κ3) is 5.08. The quantitative estimate of drug-likeness (QED) is 0.373. The molecule has 1 fully saturated rings. The van der Waals surface area contributed by atoms with Gasteiger partial charge < -0.3 is 4.52 Å². The number of benzene rings is 2. The topological polar surface area (TPSA) is 38.9 Å². The second-order valence-corrected chi connectivity index (χ2v) is 8.70. The van der Waals surface area contributed by atoms with Gasteiger partial charge in [-0.15, -0.1) is 0 Å². The minimum absolute atomic E-state index is 0.516. The number of rotatable bonds is 7. The van der Waals surface area contributed by atoms with Gasteiger partial charge in [0, 0.05) is 16.1 Å². The first-order chi connectivity index (χ1) is 14.2. The lowest BCUT2D eigenvalue weighted by atomic mass is 9.77. The molecular formula is C25H29ClN2O. The summed E-state index contributed by atoms with van der Waals surface area (Å²) in [5.74, 6) is 2.78. The zero-order valence-corrected chi connectivity index (χ0v) is 17.9. The molecule has 1 aliphatic carbocycles. The van der Waals surface area contributed by atoms with Crippen molar-refractivity contribution in [2.45, 2.75) is 64.2 Å². The van der Waals surface area contributed by atoms with E-state index in [1.165, 1.54) is 56.9 Å². The fourth-order valence-electron chi connectivity index (χ4n) is 4.42. The Morgan fingerprint density at radius 1 is 0.897 bits per heavy atom. The molecule has 0 saturated heterocycles. The van der Waals surface area contributed by atoms with Gasteiger partial charge in [0.1, 0.15) is 0 Å². The van der Waals surface area contributed by atoms with Crippen LogP contribution < -0.4 is 0 Å². The van der Waals surface area contributed by atoms with E-state index >= 15 is 0 Å². The van der Waals surface area contributed by atoms with Gasteiger partial charge in [0.2, 0.25) is 5.82 Å². The van der Waals surface area contributed by atoms with Crippen LogP contribution in [0.5, 0.6) is 0 Å². The minimum Gasteiger partial charge on any atom is -0.334 e. The van der Waals surface area contributed by atoms with E-state index in [1.54, 1.807) is 0 Å². The first-order valence-corrected chi connectivity index (χ1v) is 11.3. The summed E-state index contributed by atoms with van der Waals surface area (Å²) >= 11 is 5.95. The van der Waals surface area contributed by atoms with Crippen LogP contribution in [-0.2, 0) is 0 Å². The van der Waals surface area contributed by atoms with Gasteiger partial charge in [0.15, 0.2) is 0 Å². The molecule has 1 saturated carbocycles. The molecule has 0 spiro atoms. The SMILES string of the molecule is CCCCCC1CCC(c2ccc(-c3noc(-c4ccc(Cl)cc4)n3)cc2)CC1. The van der Waals surface area contributed by atoms with Crippen LogP contribution >= 0.6 is 11.6 Å². The summed E-state index contributed by atoms with van der Waals surface area (Å²) < 4.78 is 5.44. The third-order valence-electron chi connectivity index (χ3n) is 6.22. The van der Waals surface area contributed by atoms with E-state index in [9.17, 15) is 0 Å². The van der Waals surface area contributed by atoms with Crippen LogP contribution in [0.1, 0.15) is 69.8 Å². The summed E-state index contributed by atoms with van der Waals surface area (Å²) in [4.78, 5) is 4.55. The fourth-order valence-corrected chi connectivity index (χ4v) is 4.55. The molecule has 0 atom stereocenters. The van der Waals surface area contributed by atoms with Crippen molar-refractivity contribution in [1.82, 2.24) is 10.1 Å². The molecule has 2 aromatic carbocycles. The standard InChI is InChI=1S/C25H29ClN2O/c1-2-3-4-5-18-6-8-19(9-7-18)20-10-12-21(13-11-20)24-27-25(29-28-24)22-14-16-23(26)17-15-22/h10-19H,2-9H2,1H3. The molecule has 0 N–H and O–H groups in total. The Bertz CT molecular complexity index is 893. The van der Waals surface area contributed by atoms with E-state index in [0.717, 1.165) is 17.0 Å². The normalized spacial score (nSPS) is 19.4. The number of unbranched alkanes of at least 4 members (excludes halogenated alkanes) is 2. The molecule has 1 heterocycles. The smallest absolute Gasteiger partial charge is 0.258 e. The second-order valence-electron chi connectivity index (χ2n) is 8.27. The van der Waals surface area contributed by atoms with E-state index in [0.29, 0.717) is 22.7 Å². The molecular weight excluding hydrogens is 380 g/mol. The Morgan fingerprint density at radius 3 is 2.28 bits per heavy atom. The van der Waals surface area contributed by atoms with E-state index in [1.807, 2.05) is 24.3 Å². The lowest BCUT2D eigenvalue weighted by Crippen LogP contribution is -2.13. The number of halogens is 1. The molecule has 0 bridgehead atoms. The molecule has 4 heteroatoms. The molecule has 0 radical (unpaired) electrons. The molecule has 0 unspecified atom stereocenters. The largest absolute Gasteiger partial charge is 0.334 e. The van der Waals surface area contributed by atoms with Crippen molar-refractivity contribution in [3.8, 4) is 22.8 Å². The zero-order chi connectivity index (χ0) is 20.1. The Balaban J connectivity index is 1.37. The Kier molecular flexibility index (Phi) is 6.66. The fraction of sp³-hybridized carbons (Fsp3) is 0.440. The van der Waals surface area contributed by atoms with E-state index in [4.69, 9.17) is 16.1 Å². The molecule has 1 aliphatic rings. The van der Waals surface area contributed by atoms with Crippen molar-refractivity contribution < 1.29 is 4.52 Å². The van der Waals surface area contributed by atoms with Crippen LogP contribution in [0, 0.1) is 5.92 Å². The molecule has 1 aromatic heterocycles. The van der Waals surface area contributed by atoms with Crippen molar-refractivity contribution >= 4 is 11.6 Å². The van der Waals surface area contributed by atoms with Gasteiger partial charge >= 0.3 is 0 Å². The van der Waals surface area contributed by atoms with Crippen LogP contribution in [0.4, 0.5) is 0 Å². The van der Waals surface area contributed by atoms with E-state index in [-0.39, 0.29) is 0 Å². The average Bonchev–Trinajstić information content (AvgIpc) is 3.25. The molecule has 0 amide bonds. The van der Waals surface area contributed by atoms with E-state index in [2.05, 4.69) is 41.3 Å². The van der Waals surface area contributed by atoms with Crippen LogP contribution in [0.2, 0.25) is 5.02 Å². The highest BCUT2D eigenvalue weighted by atomic mass is 35.5. The minimum atomic E-state index is 0.516. The van der Waals surface area contributed by atoms with Crippen LogP contribution in [0.15, 0.2) is 53.1 Å². The van der Waals surface area contributed by atoms with Crippen molar-refractivity contribution in [2.75, 3.05) is 0 Å².